The number of carbonyl (C=O) groups is 1. The largest absolute Gasteiger partial charge is 0.388 e. The molecule has 6 heteroatoms. The number of fused-ring (bicyclic) bond motifs is 1. The van der Waals surface area contributed by atoms with Gasteiger partial charge in [-0.15, -0.1) is 0 Å². The molecule has 1 unspecified atom stereocenters. The van der Waals surface area contributed by atoms with Crippen molar-refractivity contribution in [3.05, 3.63) is 34.8 Å². The maximum atomic E-state index is 11.8. The Hall–Kier alpha value is -1.92. The molecule has 2 heterocycles. The molecule has 1 atom stereocenters. The molecule has 3 rings (SSSR count). The molecule has 0 saturated carbocycles. The molecular weight excluding hydrogens is 274 g/mol. The van der Waals surface area contributed by atoms with E-state index in [9.17, 15) is 9.90 Å². The summed E-state index contributed by atoms with van der Waals surface area (Å²) in [5, 5.41) is 13.3. The standard InChI is InChI=1S/C14H15N3O2S/c1-8-13(9(2)18)20-14(15-8)17-7-12(19)16-10-5-3-4-6-11(10)17/h3-6,9,18H,7H2,1-2H3,(H,16,19). The van der Waals surface area contributed by atoms with E-state index in [1.165, 1.54) is 11.3 Å². The Kier molecular flexibility index (Phi) is 3.19. The SMILES string of the molecule is Cc1nc(N2CC(=O)Nc3ccccc32)sc1C(C)O. The van der Waals surface area contributed by atoms with Crippen molar-refractivity contribution in [2.24, 2.45) is 0 Å². The van der Waals surface area contributed by atoms with E-state index in [4.69, 9.17) is 0 Å². The van der Waals surface area contributed by atoms with Gasteiger partial charge in [0, 0.05) is 0 Å². The zero-order valence-corrected chi connectivity index (χ0v) is 12.1. The molecule has 0 radical (unpaired) electrons. The van der Waals surface area contributed by atoms with Gasteiger partial charge in [0.1, 0.15) is 6.54 Å². The molecule has 1 amide bonds. The minimum atomic E-state index is -0.546. The zero-order valence-electron chi connectivity index (χ0n) is 11.3. The molecule has 0 fully saturated rings. The van der Waals surface area contributed by atoms with Crippen LogP contribution in [0.1, 0.15) is 23.6 Å². The quantitative estimate of drug-likeness (QED) is 0.892. The summed E-state index contributed by atoms with van der Waals surface area (Å²) in [6.07, 6.45) is -0.546. The van der Waals surface area contributed by atoms with E-state index in [2.05, 4.69) is 10.3 Å². The fraction of sp³-hybridized carbons (Fsp3) is 0.286. The number of thiazole rings is 1. The maximum Gasteiger partial charge on any atom is 0.244 e. The number of nitrogens with zero attached hydrogens (tertiary/aromatic N) is 2. The molecule has 5 nitrogen and oxygen atoms in total. The number of nitrogens with one attached hydrogen (secondary N) is 1. The topological polar surface area (TPSA) is 65.5 Å². The van der Waals surface area contributed by atoms with Crippen LogP contribution in [0.3, 0.4) is 0 Å². The predicted octanol–water partition coefficient (Wildman–Crippen LogP) is 2.60. The number of aromatic nitrogens is 1. The van der Waals surface area contributed by atoms with E-state index >= 15 is 0 Å². The van der Waals surface area contributed by atoms with E-state index in [0.29, 0.717) is 0 Å². The Morgan fingerprint density at radius 2 is 2.20 bits per heavy atom. The molecule has 20 heavy (non-hydrogen) atoms. The molecule has 2 aromatic rings. The average Bonchev–Trinajstić information content (AvgIpc) is 2.80. The lowest BCUT2D eigenvalue weighted by Gasteiger charge is -2.28. The molecule has 104 valence electrons. The smallest absolute Gasteiger partial charge is 0.244 e. The number of aryl methyl sites for hydroxylation is 1. The first-order chi connectivity index (χ1) is 9.56. The van der Waals surface area contributed by atoms with Gasteiger partial charge in [0.25, 0.3) is 0 Å². The number of hydrogen-bond acceptors (Lipinski definition) is 5. The Bertz CT molecular complexity index is 666. The number of rotatable bonds is 2. The van der Waals surface area contributed by atoms with Crippen LogP contribution in [-0.4, -0.2) is 22.5 Å². The van der Waals surface area contributed by atoms with Crippen molar-refractivity contribution in [2.45, 2.75) is 20.0 Å². The van der Waals surface area contributed by atoms with Crippen molar-refractivity contribution in [1.29, 1.82) is 0 Å². The summed E-state index contributed by atoms with van der Waals surface area (Å²) in [5.41, 5.74) is 2.52. The minimum Gasteiger partial charge on any atom is -0.388 e. The number of aliphatic hydroxyl groups is 1. The summed E-state index contributed by atoms with van der Waals surface area (Å²) in [4.78, 5) is 19.0. The van der Waals surface area contributed by atoms with E-state index in [-0.39, 0.29) is 12.5 Å². The number of carbonyl (C=O) groups excluding carboxylic acids is 1. The van der Waals surface area contributed by atoms with Crippen molar-refractivity contribution < 1.29 is 9.90 Å². The molecule has 1 aromatic carbocycles. The fourth-order valence-electron chi connectivity index (χ4n) is 2.30. The molecule has 1 aliphatic heterocycles. The highest BCUT2D eigenvalue weighted by Gasteiger charge is 2.26. The maximum absolute atomic E-state index is 11.8. The number of anilines is 3. The Morgan fingerprint density at radius 3 is 2.90 bits per heavy atom. The molecular formula is C14H15N3O2S. The summed E-state index contributed by atoms with van der Waals surface area (Å²) in [6.45, 7) is 3.84. The highest BCUT2D eigenvalue weighted by atomic mass is 32.1. The van der Waals surface area contributed by atoms with Crippen molar-refractivity contribution >= 4 is 33.8 Å². The van der Waals surface area contributed by atoms with Crippen LogP contribution >= 0.6 is 11.3 Å². The summed E-state index contributed by atoms with van der Waals surface area (Å²) in [7, 11) is 0. The van der Waals surface area contributed by atoms with Crippen LogP contribution in [0.4, 0.5) is 16.5 Å². The first kappa shape index (κ1) is 13.1. The second kappa shape index (κ2) is 4.88. The lowest BCUT2D eigenvalue weighted by atomic mass is 10.2. The van der Waals surface area contributed by atoms with E-state index in [0.717, 1.165) is 27.1 Å². The molecule has 2 N–H and O–H groups in total. The minimum absolute atomic E-state index is 0.0600. The van der Waals surface area contributed by atoms with Crippen molar-refractivity contribution in [3.63, 3.8) is 0 Å². The summed E-state index contributed by atoms with van der Waals surface area (Å²) >= 11 is 1.42. The Balaban J connectivity index is 2.06. The first-order valence-corrected chi connectivity index (χ1v) is 7.19. The summed E-state index contributed by atoms with van der Waals surface area (Å²) in [6, 6.07) is 7.64. The van der Waals surface area contributed by atoms with Crippen LogP contribution in [0, 0.1) is 6.92 Å². The van der Waals surface area contributed by atoms with Crippen LogP contribution in [-0.2, 0) is 4.79 Å². The van der Waals surface area contributed by atoms with E-state index < -0.39 is 6.10 Å². The number of para-hydroxylation sites is 2. The summed E-state index contributed by atoms with van der Waals surface area (Å²) in [5.74, 6) is -0.0600. The lowest BCUT2D eigenvalue weighted by Crippen LogP contribution is -2.34. The number of hydrogen-bond donors (Lipinski definition) is 2. The molecule has 0 aliphatic carbocycles. The average molecular weight is 289 g/mol. The van der Waals surface area contributed by atoms with E-state index in [1.54, 1.807) is 6.92 Å². The Morgan fingerprint density at radius 1 is 1.45 bits per heavy atom. The Labute approximate surface area is 120 Å². The highest BCUT2D eigenvalue weighted by Crippen LogP contribution is 2.38. The van der Waals surface area contributed by atoms with Crippen LogP contribution in [0.15, 0.2) is 24.3 Å². The number of amides is 1. The van der Waals surface area contributed by atoms with E-state index in [1.807, 2.05) is 36.1 Å². The van der Waals surface area contributed by atoms with Crippen LogP contribution in [0.25, 0.3) is 0 Å². The van der Waals surface area contributed by atoms with Crippen molar-refractivity contribution in [3.8, 4) is 0 Å². The molecule has 1 aliphatic rings. The van der Waals surface area contributed by atoms with Gasteiger partial charge < -0.3 is 15.3 Å². The van der Waals surface area contributed by atoms with Gasteiger partial charge in [0.2, 0.25) is 5.91 Å². The lowest BCUT2D eigenvalue weighted by molar-refractivity contribution is -0.115. The van der Waals surface area contributed by atoms with Gasteiger partial charge in [-0.05, 0) is 26.0 Å². The molecule has 0 spiro atoms. The van der Waals surface area contributed by atoms with Crippen LogP contribution < -0.4 is 10.2 Å². The predicted molar refractivity (Wildman–Crippen MR) is 79.6 cm³/mol. The third-order valence-corrected chi connectivity index (χ3v) is 4.55. The van der Waals surface area contributed by atoms with Gasteiger partial charge in [-0.25, -0.2) is 4.98 Å². The second-order valence-electron chi connectivity index (χ2n) is 4.77. The van der Waals surface area contributed by atoms with Gasteiger partial charge >= 0.3 is 0 Å². The van der Waals surface area contributed by atoms with Gasteiger partial charge in [-0.2, -0.15) is 0 Å². The third kappa shape index (κ3) is 2.17. The summed E-state index contributed by atoms with van der Waals surface area (Å²) < 4.78 is 0. The normalized spacial score (nSPS) is 15.8. The fourth-order valence-corrected chi connectivity index (χ4v) is 3.32. The third-order valence-electron chi connectivity index (χ3n) is 3.20. The molecule has 1 aromatic heterocycles. The second-order valence-corrected chi connectivity index (χ2v) is 5.78. The van der Waals surface area contributed by atoms with Crippen molar-refractivity contribution in [1.82, 2.24) is 4.98 Å². The molecule has 0 bridgehead atoms. The van der Waals surface area contributed by atoms with Gasteiger partial charge in [-0.1, -0.05) is 23.5 Å². The van der Waals surface area contributed by atoms with Crippen LogP contribution in [0.2, 0.25) is 0 Å². The van der Waals surface area contributed by atoms with Gasteiger partial charge in [0.15, 0.2) is 5.13 Å². The first-order valence-electron chi connectivity index (χ1n) is 6.38. The van der Waals surface area contributed by atoms with Crippen LogP contribution in [0.5, 0.6) is 0 Å². The van der Waals surface area contributed by atoms with Crippen molar-refractivity contribution in [2.75, 3.05) is 16.8 Å². The number of benzene rings is 1. The molecule has 0 saturated heterocycles. The van der Waals surface area contributed by atoms with Gasteiger partial charge in [-0.3, -0.25) is 4.79 Å². The zero-order chi connectivity index (χ0) is 14.3. The highest BCUT2D eigenvalue weighted by molar-refractivity contribution is 7.15. The number of aliphatic hydroxyl groups excluding tert-OH is 1. The van der Waals surface area contributed by atoms with Gasteiger partial charge in [0.05, 0.1) is 28.0 Å². The monoisotopic (exact) mass is 289 g/mol.